The third-order valence-electron chi connectivity index (χ3n) is 1.50. The van der Waals surface area contributed by atoms with Crippen LogP contribution < -0.4 is 10.3 Å². The number of benzene rings is 1. The minimum absolute atomic E-state index is 0.265. The van der Waals surface area contributed by atoms with Gasteiger partial charge in [0.05, 0.1) is 6.61 Å². The molecule has 1 rings (SSSR count). The van der Waals surface area contributed by atoms with E-state index < -0.39 is 0 Å². The number of hydrogen-bond acceptors (Lipinski definition) is 2. The number of hydrogen-bond donors (Lipinski definition) is 1. The molecule has 72 valence electrons. The fourth-order valence-electron chi connectivity index (χ4n) is 0.860. The minimum Gasteiger partial charge on any atom is -0.494 e. The Kier molecular flexibility index (Phi) is 4.18. The molecule has 0 atom stereocenters. The molecule has 0 aromatic heterocycles. The molecule has 0 bridgehead atoms. The number of nitrogens with one attached hydrogen (secondary N) is 1. The summed E-state index contributed by atoms with van der Waals surface area (Å²) in [6.07, 6.45) is 0.577. The number of rotatable bonds is 5. The zero-order valence-corrected chi connectivity index (χ0v) is 7.09. The van der Waals surface area contributed by atoms with Gasteiger partial charge >= 0.3 is 0 Å². The third kappa shape index (κ3) is 3.85. The highest BCUT2D eigenvalue weighted by Crippen LogP contribution is 2.10. The largest absolute Gasteiger partial charge is 0.494 e. The quantitative estimate of drug-likeness (QED) is 0.562. The van der Waals surface area contributed by atoms with Crippen LogP contribution in [-0.2, 0) is 0 Å². The lowest BCUT2D eigenvalue weighted by Gasteiger charge is -2.04. The summed E-state index contributed by atoms with van der Waals surface area (Å²) < 4.78 is 29.0. The molecule has 13 heavy (non-hydrogen) atoms. The maximum atomic E-state index is 12.4. The first-order chi connectivity index (χ1) is 6.33. The Balaban J connectivity index is 2.25. The number of halogens is 2. The highest BCUT2D eigenvalue weighted by atomic mass is 19.2. The van der Waals surface area contributed by atoms with Crippen molar-refractivity contribution in [2.45, 2.75) is 6.42 Å². The van der Waals surface area contributed by atoms with Gasteiger partial charge in [-0.15, -0.1) is 4.48 Å². The Morgan fingerprint density at radius 3 is 2.54 bits per heavy atom. The minimum atomic E-state index is -0.294. The average Bonchev–Trinajstić information content (AvgIpc) is 2.15. The third-order valence-corrected chi connectivity index (χ3v) is 1.50. The highest BCUT2D eigenvalue weighted by Gasteiger charge is 1.93. The fourth-order valence-corrected chi connectivity index (χ4v) is 0.860. The summed E-state index contributed by atoms with van der Waals surface area (Å²) in [4.78, 5) is 0. The van der Waals surface area contributed by atoms with Crippen LogP contribution in [-0.4, -0.2) is 13.2 Å². The molecule has 0 amide bonds. The van der Waals surface area contributed by atoms with E-state index in [1.165, 1.54) is 29.8 Å². The van der Waals surface area contributed by atoms with Crippen molar-refractivity contribution < 1.29 is 13.6 Å². The molecular weight excluding hydrogens is 176 g/mol. The second-order valence-corrected chi connectivity index (χ2v) is 2.54. The van der Waals surface area contributed by atoms with Crippen LogP contribution in [0.25, 0.3) is 0 Å². The van der Waals surface area contributed by atoms with Gasteiger partial charge in [-0.2, -0.15) is 5.54 Å². The van der Waals surface area contributed by atoms with Gasteiger partial charge in [0.1, 0.15) is 11.6 Å². The summed E-state index contributed by atoms with van der Waals surface area (Å²) >= 11 is 0. The summed E-state index contributed by atoms with van der Waals surface area (Å²) in [5.74, 6) is 0.304. The molecule has 0 aliphatic heterocycles. The first-order valence-corrected chi connectivity index (χ1v) is 4.05. The van der Waals surface area contributed by atoms with Gasteiger partial charge in [-0.05, 0) is 30.7 Å². The van der Waals surface area contributed by atoms with Crippen molar-refractivity contribution in [3.63, 3.8) is 0 Å². The molecule has 0 saturated heterocycles. The predicted molar refractivity (Wildman–Crippen MR) is 45.6 cm³/mol. The summed E-state index contributed by atoms with van der Waals surface area (Å²) in [6.45, 7) is 0.684. The van der Waals surface area contributed by atoms with Gasteiger partial charge in [-0.3, -0.25) is 0 Å². The molecule has 0 aliphatic carbocycles. The highest BCUT2D eigenvalue weighted by molar-refractivity contribution is 5.21. The van der Waals surface area contributed by atoms with Crippen LogP contribution in [0.4, 0.5) is 8.87 Å². The molecule has 0 spiro atoms. The van der Waals surface area contributed by atoms with Gasteiger partial charge < -0.3 is 4.74 Å². The number of ether oxygens (including phenoxy) is 1. The van der Waals surface area contributed by atoms with Crippen molar-refractivity contribution in [2.24, 2.45) is 0 Å². The van der Waals surface area contributed by atoms with Gasteiger partial charge in [0.15, 0.2) is 0 Å². The SMILES string of the molecule is FNCCCOc1ccc(F)cc1. The van der Waals surface area contributed by atoms with Crippen molar-refractivity contribution >= 4 is 0 Å². The molecule has 0 radical (unpaired) electrons. The molecule has 0 unspecified atom stereocenters. The zero-order chi connectivity index (χ0) is 9.52. The molecule has 1 aromatic carbocycles. The zero-order valence-electron chi connectivity index (χ0n) is 7.09. The van der Waals surface area contributed by atoms with Crippen LogP contribution in [0.2, 0.25) is 0 Å². The molecule has 2 nitrogen and oxygen atoms in total. The van der Waals surface area contributed by atoms with Crippen LogP contribution in [0.5, 0.6) is 5.75 Å². The van der Waals surface area contributed by atoms with Gasteiger partial charge in [0.2, 0.25) is 0 Å². The first kappa shape index (κ1) is 9.92. The van der Waals surface area contributed by atoms with E-state index in [1.54, 1.807) is 0 Å². The fraction of sp³-hybridized carbons (Fsp3) is 0.333. The van der Waals surface area contributed by atoms with Crippen molar-refractivity contribution in [1.29, 1.82) is 0 Å². The summed E-state index contributed by atoms with van der Waals surface area (Å²) in [5, 5.41) is 0. The lowest BCUT2D eigenvalue weighted by atomic mass is 10.3. The van der Waals surface area contributed by atoms with Crippen molar-refractivity contribution in [2.75, 3.05) is 13.2 Å². The van der Waals surface area contributed by atoms with E-state index >= 15 is 0 Å². The van der Waals surface area contributed by atoms with E-state index in [0.717, 1.165) is 0 Å². The molecule has 1 N–H and O–H groups in total. The van der Waals surface area contributed by atoms with Crippen LogP contribution in [0.1, 0.15) is 6.42 Å². The first-order valence-electron chi connectivity index (χ1n) is 4.05. The Morgan fingerprint density at radius 1 is 1.23 bits per heavy atom. The average molecular weight is 187 g/mol. The Hall–Kier alpha value is -1.16. The lowest BCUT2D eigenvalue weighted by molar-refractivity contribution is 0.273. The molecular formula is C9H11F2NO. The summed E-state index contributed by atoms with van der Waals surface area (Å²) in [7, 11) is 0. The second kappa shape index (κ2) is 5.48. The molecule has 1 aromatic rings. The molecule has 0 aliphatic rings. The van der Waals surface area contributed by atoms with Gasteiger partial charge in [-0.1, -0.05) is 0 Å². The smallest absolute Gasteiger partial charge is 0.123 e. The molecule has 0 fully saturated rings. The standard InChI is InChI=1S/C9H11F2NO/c10-8-2-4-9(5-3-8)13-7-1-6-12-11/h2-5,12H,1,6-7H2. The predicted octanol–water partition coefficient (Wildman–Crippen LogP) is 2.07. The van der Waals surface area contributed by atoms with Crippen LogP contribution in [0, 0.1) is 5.82 Å². The Morgan fingerprint density at radius 2 is 1.92 bits per heavy atom. The summed E-state index contributed by atoms with van der Waals surface area (Å²) in [5.41, 5.74) is 1.52. The van der Waals surface area contributed by atoms with Crippen LogP contribution >= 0.6 is 0 Å². The van der Waals surface area contributed by atoms with E-state index in [9.17, 15) is 8.87 Å². The van der Waals surface area contributed by atoms with E-state index in [2.05, 4.69) is 0 Å². The maximum absolute atomic E-state index is 12.4. The molecule has 4 heteroatoms. The monoisotopic (exact) mass is 187 g/mol. The van der Waals surface area contributed by atoms with Crippen LogP contribution in [0.3, 0.4) is 0 Å². The van der Waals surface area contributed by atoms with Crippen LogP contribution in [0.15, 0.2) is 24.3 Å². The van der Waals surface area contributed by atoms with Crippen molar-refractivity contribution in [3.05, 3.63) is 30.1 Å². The topological polar surface area (TPSA) is 21.3 Å². The lowest BCUT2D eigenvalue weighted by Crippen LogP contribution is -2.07. The van der Waals surface area contributed by atoms with Crippen molar-refractivity contribution in [3.8, 4) is 5.75 Å². The Bertz CT molecular complexity index is 238. The van der Waals surface area contributed by atoms with Gasteiger partial charge in [0, 0.05) is 6.54 Å². The summed E-state index contributed by atoms with van der Waals surface area (Å²) in [6, 6.07) is 5.72. The maximum Gasteiger partial charge on any atom is 0.123 e. The van der Waals surface area contributed by atoms with Gasteiger partial charge in [0.25, 0.3) is 0 Å². The second-order valence-electron chi connectivity index (χ2n) is 2.54. The van der Waals surface area contributed by atoms with E-state index in [-0.39, 0.29) is 12.4 Å². The Labute approximate surface area is 75.5 Å². The molecule has 0 saturated carbocycles. The van der Waals surface area contributed by atoms with Gasteiger partial charge in [-0.25, -0.2) is 4.39 Å². The van der Waals surface area contributed by atoms with E-state index in [1.807, 2.05) is 0 Å². The van der Waals surface area contributed by atoms with Crippen molar-refractivity contribution in [1.82, 2.24) is 5.54 Å². The normalized spacial score (nSPS) is 10.0. The molecule has 0 heterocycles. The van der Waals surface area contributed by atoms with E-state index in [0.29, 0.717) is 18.8 Å². The van der Waals surface area contributed by atoms with E-state index in [4.69, 9.17) is 4.74 Å².